The fourth-order valence-corrected chi connectivity index (χ4v) is 3.26. The van der Waals surface area contributed by atoms with E-state index in [0.717, 1.165) is 12.8 Å². The molecule has 0 heterocycles. The van der Waals surface area contributed by atoms with Gasteiger partial charge in [0.25, 0.3) is 5.91 Å². The molecule has 1 atom stereocenters. The number of nitrogens with one attached hydrogen (secondary N) is 1. The number of carbonyl (C=O) groups excluding carboxylic acids is 2. The van der Waals surface area contributed by atoms with Crippen molar-refractivity contribution in [2.75, 3.05) is 14.2 Å². The summed E-state index contributed by atoms with van der Waals surface area (Å²) in [5.74, 6) is 0.230. The number of hydrogen-bond acceptors (Lipinski definition) is 3. The number of rotatable bonds is 6. The number of amides is 2. The van der Waals surface area contributed by atoms with Gasteiger partial charge in [-0.2, -0.15) is 0 Å². The summed E-state index contributed by atoms with van der Waals surface area (Å²) in [6.07, 6.45) is 4.44. The maximum Gasteiger partial charge on any atom is 0.255 e. The van der Waals surface area contributed by atoms with Crippen molar-refractivity contribution in [1.82, 2.24) is 10.2 Å². The van der Waals surface area contributed by atoms with Crippen LogP contribution in [0.3, 0.4) is 0 Å². The number of carbonyl (C=O) groups is 2. The average molecular weight is 332 g/mol. The lowest BCUT2D eigenvalue weighted by molar-refractivity contribution is -0.135. The van der Waals surface area contributed by atoms with Crippen LogP contribution >= 0.6 is 0 Å². The molecule has 0 aliphatic heterocycles. The first-order valence-electron chi connectivity index (χ1n) is 8.66. The number of nitrogens with zero attached hydrogens (tertiary/aromatic N) is 1. The smallest absolute Gasteiger partial charge is 0.255 e. The first-order valence-corrected chi connectivity index (χ1v) is 8.66. The Balaban J connectivity index is 2.12. The molecular weight excluding hydrogens is 304 g/mol. The molecule has 0 saturated heterocycles. The molecule has 1 saturated carbocycles. The van der Waals surface area contributed by atoms with Crippen molar-refractivity contribution < 1.29 is 14.3 Å². The van der Waals surface area contributed by atoms with E-state index in [1.54, 1.807) is 18.2 Å². The van der Waals surface area contributed by atoms with E-state index in [4.69, 9.17) is 4.74 Å². The first kappa shape index (κ1) is 18.3. The maximum atomic E-state index is 12.9. The summed E-state index contributed by atoms with van der Waals surface area (Å²) < 4.78 is 5.24. The molecule has 2 rings (SSSR count). The third-order valence-corrected chi connectivity index (χ3v) is 4.79. The summed E-state index contributed by atoms with van der Waals surface area (Å²) in [4.78, 5) is 27.3. The quantitative estimate of drug-likeness (QED) is 0.871. The molecule has 24 heavy (non-hydrogen) atoms. The third kappa shape index (κ3) is 4.08. The Hall–Kier alpha value is -2.04. The fourth-order valence-electron chi connectivity index (χ4n) is 3.26. The van der Waals surface area contributed by atoms with Crippen LogP contribution in [0.5, 0.6) is 5.75 Å². The highest BCUT2D eigenvalue weighted by atomic mass is 16.5. The van der Waals surface area contributed by atoms with Crippen LogP contribution in [0.4, 0.5) is 0 Å². The van der Waals surface area contributed by atoms with E-state index in [1.165, 1.54) is 20.0 Å². The van der Waals surface area contributed by atoms with Crippen LogP contribution < -0.4 is 10.1 Å². The molecule has 1 fully saturated rings. The molecule has 0 radical (unpaired) electrons. The molecule has 2 amide bonds. The number of methoxy groups -OCH3 is 1. The highest BCUT2D eigenvalue weighted by Gasteiger charge is 2.32. The van der Waals surface area contributed by atoms with Crippen molar-refractivity contribution in [2.45, 2.75) is 51.6 Å². The molecular formula is C19H28N2O3. The summed E-state index contributed by atoms with van der Waals surface area (Å²) in [6, 6.07) is 6.81. The van der Waals surface area contributed by atoms with Crippen LogP contribution in [0.15, 0.2) is 24.3 Å². The molecule has 0 bridgehead atoms. The van der Waals surface area contributed by atoms with Gasteiger partial charge >= 0.3 is 0 Å². The van der Waals surface area contributed by atoms with Crippen LogP contribution in [-0.2, 0) is 4.79 Å². The van der Waals surface area contributed by atoms with Gasteiger partial charge in [0.15, 0.2) is 0 Å². The zero-order valence-electron chi connectivity index (χ0n) is 15.0. The van der Waals surface area contributed by atoms with Crippen molar-refractivity contribution in [3.63, 3.8) is 0 Å². The van der Waals surface area contributed by atoms with Gasteiger partial charge in [-0.05, 0) is 30.9 Å². The van der Waals surface area contributed by atoms with Crippen molar-refractivity contribution in [3.05, 3.63) is 29.8 Å². The van der Waals surface area contributed by atoms with E-state index in [0.29, 0.717) is 17.4 Å². The van der Waals surface area contributed by atoms with Crippen LogP contribution in [0.25, 0.3) is 0 Å². The SMILES string of the molecule is COc1ccccc1C(=O)NC(C(=O)N(C)C1CCCC1)C(C)C. The second kappa shape index (κ2) is 8.18. The van der Waals surface area contributed by atoms with Gasteiger partial charge < -0.3 is 15.0 Å². The van der Waals surface area contributed by atoms with Gasteiger partial charge in [-0.25, -0.2) is 0 Å². The summed E-state index contributed by atoms with van der Waals surface area (Å²) in [6.45, 7) is 3.90. The zero-order chi connectivity index (χ0) is 17.7. The average Bonchev–Trinajstić information content (AvgIpc) is 3.12. The molecule has 1 unspecified atom stereocenters. The molecule has 0 aromatic heterocycles. The number of benzene rings is 1. The molecule has 1 aliphatic carbocycles. The Morgan fingerprint density at radius 3 is 2.42 bits per heavy atom. The molecule has 1 N–H and O–H groups in total. The summed E-state index contributed by atoms with van der Waals surface area (Å²) >= 11 is 0. The molecule has 1 aromatic rings. The maximum absolute atomic E-state index is 12.9. The Morgan fingerprint density at radius 2 is 1.83 bits per heavy atom. The van der Waals surface area contributed by atoms with Gasteiger partial charge in [-0.15, -0.1) is 0 Å². The molecule has 5 nitrogen and oxygen atoms in total. The highest BCUT2D eigenvalue weighted by Crippen LogP contribution is 2.24. The third-order valence-electron chi connectivity index (χ3n) is 4.79. The van der Waals surface area contributed by atoms with E-state index >= 15 is 0 Å². The lowest BCUT2D eigenvalue weighted by Gasteiger charge is -2.31. The second-order valence-corrected chi connectivity index (χ2v) is 6.78. The van der Waals surface area contributed by atoms with Crippen molar-refractivity contribution in [2.24, 2.45) is 5.92 Å². The van der Waals surface area contributed by atoms with E-state index in [9.17, 15) is 9.59 Å². The minimum Gasteiger partial charge on any atom is -0.496 e. The van der Waals surface area contributed by atoms with Gasteiger partial charge in [0.2, 0.25) is 5.91 Å². The summed E-state index contributed by atoms with van der Waals surface area (Å²) in [5, 5.41) is 2.90. The molecule has 1 aromatic carbocycles. The number of likely N-dealkylation sites (N-methyl/N-ethyl adjacent to an activating group) is 1. The Kier molecular flexibility index (Phi) is 6.23. The second-order valence-electron chi connectivity index (χ2n) is 6.78. The van der Waals surface area contributed by atoms with E-state index in [2.05, 4.69) is 5.32 Å². The number of ether oxygens (including phenoxy) is 1. The standard InChI is InChI=1S/C19H28N2O3/c1-13(2)17(19(23)21(3)14-9-5-6-10-14)20-18(22)15-11-7-8-12-16(15)24-4/h7-8,11-14,17H,5-6,9-10H2,1-4H3,(H,20,22). The normalized spacial score (nSPS) is 16.0. The van der Waals surface area contributed by atoms with Crippen LogP contribution in [-0.4, -0.2) is 43.0 Å². The molecule has 132 valence electrons. The van der Waals surface area contributed by atoms with Gasteiger partial charge in [-0.1, -0.05) is 38.8 Å². The minimum absolute atomic E-state index is 0.0138. The van der Waals surface area contributed by atoms with Gasteiger partial charge in [-0.3, -0.25) is 9.59 Å². The summed E-state index contributed by atoms with van der Waals surface area (Å²) in [5.41, 5.74) is 0.446. The minimum atomic E-state index is -0.534. The van der Waals surface area contributed by atoms with Crippen molar-refractivity contribution >= 4 is 11.8 Å². The van der Waals surface area contributed by atoms with Crippen LogP contribution in [0.2, 0.25) is 0 Å². The molecule has 0 spiro atoms. The van der Waals surface area contributed by atoms with Crippen LogP contribution in [0.1, 0.15) is 49.9 Å². The molecule has 1 aliphatic rings. The lowest BCUT2D eigenvalue weighted by Crippen LogP contribution is -2.52. The highest BCUT2D eigenvalue weighted by molar-refractivity contribution is 5.99. The van der Waals surface area contributed by atoms with E-state index < -0.39 is 6.04 Å². The Bertz CT molecular complexity index is 580. The monoisotopic (exact) mass is 332 g/mol. The predicted molar refractivity (Wildman–Crippen MR) is 94.1 cm³/mol. The van der Waals surface area contributed by atoms with E-state index in [1.807, 2.05) is 31.9 Å². The number of para-hydroxylation sites is 1. The number of hydrogen-bond donors (Lipinski definition) is 1. The van der Waals surface area contributed by atoms with Crippen molar-refractivity contribution in [1.29, 1.82) is 0 Å². The van der Waals surface area contributed by atoms with Crippen LogP contribution in [0, 0.1) is 5.92 Å². The van der Waals surface area contributed by atoms with Gasteiger partial charge in [0.1, 0.15) is 11.8 Å². The predicted octanol–water partition coefficient (Wildman–Crippen LogP) is 2.85. The molecule has 5 heteroatoms. The van der Waals surface area contributed by atoms with Gasteiger partial charge in [0, 0.05) is 13.1 Å². The first-order chi connectivity index (χ1) is 11.5. The largest absolute Gasteiger partial charge is 0.496 e. The lowest BCUT2D eigenvalue weighted by atomic mass is 10.0. The van der Waals surface area contributed by atoms with Crippen molar-refractivity contribution in [3.8, 4) is 5.75 Å². The fraction of sp³-hybridized carbons (Fsp3) is 0.579. The topological polar surface area (TPSA) is 58.6 Å². The Morgan fingerprint density at radius 1 is 1.21 bits per heavy atom. The van der Waals surface area contributed by atoms with E-state index in [-0.39, 0.29) is 17.7 Å². The van der Waals surface area contributed by atoms with Gasteiger partial charge in [0.05, 0.1) is 12.7 Å². The summed E-state index contributed by atoms with van der Waals surface area (Å²) in [7, 11) is 3.38. The zero-order valence-corrected chi connectivity index (χ0v) is 15.0. The Labute approximate surface area is 144 Å².